The van der Waals surface area contributed by atoms with Crippen molar-refractivity contribution in [3.05, 3.63) is 53.1 Å². The fraction of sp³-hybridized carbons (Fsp3) is 0.455. The fourth-order valence-electron chi connectivity index (χ4n) is 3.26. The van der Waals surface area contributed by atoms with Crippen LogP contribution < -0.4 is 14.4 Å². The van der Waals surface area contributed by atoms with Crippen LogP contribution >= 0.6 is 0 Å². The van der Waals surface area contributed by atoms with Crippen molar-refractivity contribution in [3.8, 4) is 5.75 Å². The van der Waals surface area contributed by atoms with Crippen molar-refractivity contribution in [2.24, 2.45) is 0 Å². The average Bonchev–Trinajstić information content (AvgIpc) is 2.67. The molecule has 2 rings (SSSR count). The van der Waals surface area contributed by atoms with Gasteiger partial charge in [-0.15, -0.1) is 0 Å². The first kappa shape index (κ1) is 22.2. The van der Waals surface area contributed by atoms with Crippen LogP contribution in [0.15, 0.2) is 41.3 Å². The van der Waals surface area contributed by atoms with Gasteiger partial charge in [-0.3, -0.25) is 0 Å². The van der Waals surface area contributed by atoms with Gasteiger partial charge in [-0.05, 0) is 67.6 Å². The van der Waals surface area contributed by atoms with E-state index < -0.39 is 10.0 Å². The maximum absolute atomic E-state index is 12.9. The molecule has 0 aromatic heterocycles. The summed E-state index contributed by atoms with van der Waals surface area (Å²) in [5, 5.41) is 0. The van der Waals surface area contributed by atoms with Gasteiger partial charge < -0.3 is 9.64 Å². The molecule has 0 atom stereocenters. The number of nitrogens with zero attached hydrogens (tertiary/aromatic N) is 1. The summed E-state index contributed by atoms with van der Waals surface area (Å²) in [6.07, 6.45) is 0. The van der Waals surface area contributed by atoms with Gasteiger partial charge >= 0.3 is 0 Å². The number of sulfonamides is 1. The lowest BCUT2D eigenvalue weighted by atomic mass is 10.0. The van der Waals surface area contributed by atoms with Crippen molar-refractivity contribution in [2.75, 3.05) is 25.1 Å². The second-order valence-corrected chi connectivity index (χ2v) is 8.91. The van der Waals surface area contributed by atoms with Crippen LogP contribution in [0, 0.1) is 6.92 Å². The molecule has 0 aliphatic heterocycles. The SMILES string of the molecule is CCN(CC)c1ccc(CNS(=O)(=O)c2cc(C(C)C)c(OC)cc2C)cc1. The van der Waals surface area contributed by atoms with E-state index in [1.807, 2.05) is 38.1 Å². The summed E-state index contributed by atoms with van der Waals surface area (Å²) in [7, 11) is -2.02. The van der Waals surface area contributed by atoms with Crippen molar-refractivity contribution < 1.29 is 13.2 Å². The molecule has 1 N–H and O–H groups in total. The second kappa shape index (κ2) is 9.43. The third kappa shape index (κ3) is 5.06. The Labute approximate surface area is 169 Å². The quantitative estimate of drug-likeness (QED) is 0.671. The summed E-state index contributed by atoms with van der Waals surface area (Å²) in [6, 6.07) is 11.5. The van der Waals surface area contributed by atoms with Gasteiger partial charge in [-0.2, -0.15) is 0 Å². The van der Waals surface area contributed by atoms with Crippen LogP contribution in [0.2, 0.25) is 0 Å². The first-order chi connectivity index (χ1) is 13.2. The van der Waals surface area contributed by atoms with Gasteiger partial charge in [0.15, 0.2) is 0 Å². The van der Waals surface area contributed by atoms with Crippen LogP contribution in [0.1, 0.15) is 50.3 Å². The number of rotatable bonds is 9. The lowest BCUT2D eigenvalue weighted by molar-refractivity contribution is 0.406. The average molecular weight is 405 g/mol. The van der Waals surface area contributed by atoms with Crippen molar-refractivity contribution in [3.63, 3.8) is 0 Å². The third-order valence-corrected chi connectivity index (χ3v) is 6.51. The Morgan fingerprint density at radius 2 is 1.68 bits per heavy atom. The molecule has 0 aliphatic carbocycles. The highest BCUT2D eigenvalue weighted by Gasteiger charge is 2.20. The predicted octanol–water partition coefficient (Wildman–Crippen LogP) is 4.45. The zero-order valence-electron chi connectivity index (χ0n) is 17.7. The summed E-state index contributed by atoms with van der Waals surface area (Å²) in [4.78, 5) is 2.55. The Bertz CT molecular complexity index is 887. The predicted molar refractivity (Wildman–Crippen MR) is 116 cm³/mol. The molecule has 28 heavy (non-hydrogen) atoms. The van der Waals surface area contributed by atoms with Crippen LogP contribution in [-0.2, 0) is 16.6 Å². The normalized spacial score (nSPS) is 11.7. The van der Waals surface area contributed by atoms with Crippen LogP contribution in [0.5, 0.6) is 5.75 Å². The topological polar surface area (TPSA) is 58.6 Å². The fourth-order valence-corrected chi connectivity index (χ4v) is 4.54. The lowest BCUT2D eigenvalue weighted by Crippen LogP contribution is -2.24. The zero-order chi connectivity index (χ0) is 20.9. The number of methoxy groups -OCH3 is 1. The summed E-state index contributed by atoms with van der Waals surface area (Å²) in [6.45, 7) is 12.2. The van der Waals surface area contributed by atoms with E-state index >= 15 is 0 Å². The Hall–Kier alpha value is -2.05. The van der Waals surface area contributed by atoms with Gasteiger partial charge in [0.1, 0.15) is 5.75 Å². The first-order valence-electron chi connectivity index (χ1n) is 9.75. The third-order valence-electron chi connectivity index (χ3n) is 4.97. The number of anilines is 1. The van der Waals surface area contributed by atoms with E-state index in [-0.39, 0.29) is 12.5 Å². The van der Waals surface area contributed by atoms with Crippen LogP contribution in [-0.4, -0.2) is 28.6 Å². The van der Waals surface area contributed by atoms with E-state index in [9.17, 15) is 8.42 Å². The molecule has 2 aromatic rings. The minimum absolute atomic E-state index is 0.164. The Morgan fingerprint density at radius 1 is 1.07 bits per heavy atom. The minimum Gasteiger partial charge on any atom is -0.496 e. The highest BCUT2D eigenvalue weighted by molar-refractivity contribution is 7.89. The van der Waals surface area contributed by atoms with E-state index in [0.29, 0.717) is 10.5 Å². The van der Waals surface area contributed by atoms with Gasteiger partial charge in [0.2, 0.25) is 10.0 Å². The Balaban J connectivity index is 2.21. The summed E-state index contributed by atoms with van der Waals surface area (Å²) in [5.41, 5.74) is 3.63. The van der Waals surface area contributed by atoms with Crippen LogP contribution in [0.3, 0.4) is 0 Å². The van der Waals surface area contributed by atoms with E-state index in [0.717, 1.165) is 35.7 Å². The molecule has 154 valence electrons. The monoisotopic (exact) mass is 404 g/mol. The number of nitrogens with one attached hydrogen (secondary N) is 1. The van der Waals surface area contributed by atoms with E-state index in [1.54, 1.807) is 26.2 Å². The minimum atomic E-state index is -3.62. The molecule has 6 heteroatoms. The van der Waals surface area contributed by atoms with Gasteiger partial charge in [0.25, 0.3) is 0 Å². The van der Waals surface area contributed by atoms with Crippen molar-refractivity contribution >= 4 is 15.7 Å². The number of aryl methyl sites for hydroxylation is 1. The maximum Gasteiger partial charge on any atom is 0.241 e. The molecule has 0 heterocycles. The van der Waals surface area contributed by atoms with Gasteiger partial charge in [0, 0.05) is 25.3 Å². The van der Waals surface area contributed by atoms with Gasteiger partial charge in [0.05, 0.1) is 12.0 Å². The summed E-state index contributed by atoms with van der Waals surface area (Å²) >= 11 is 0. The Morgan fingerprint density at radius 3 is 2.18 bits per heavy atom. The molecule has 0 aliphatic rings. The molecule has 0 unspecified atom stereocenters. The molecule has 0 bridgehead atoms. The number of benzene rings is 2. The van der Waals surface area contributed by atoms with Crippen molar-refractivity contribution in [1.82, 2.24) is 4.72 Å². The van der Waals surface area contributed by atoms with Crippen LogP contribution in [0.4, 0.5) is 5.69 Å². The number of ether oxygens (including phenoxy) is 1. The standard InChI is InChI=1S/C22H32N2O3S/c1-7-24(8-2)19-11-9-18(10-12-19)15-23-28(25,26)22-14-20(16(3)4)21(27-6)13-17(22)5/h9-14,16,23H,7-8,15H2,1-6H3. The highest BCUT2D eigenvalue weighted by Crippen LogP contribution is 2.31. The van der Waals surface area contributed by atoms with Crippen LogP contribution in [0.25, 0.3) is 0 Å². The molecule has 0 spiro atoms. The molecule has 0 fully saturated rings. The summed E-state index contributed by atoms with van der Waals surface area (Å²) in [5.74, 6) is 0.885. The largest absolute Gasteiger partial charge is 0.496 e. The van der Waals surface area contributed by atoms with Crippen molar-refractivity contribution in [1.29, 1.82) is 0 Å². The summed E-state index contributed by atoms with van der Waals surface area (Å²) < 4.78 is 34.0. The van der Waals surface area contributed by atoms with E-state index in [4.69, 9.17) is 4.74 Å². The van der Waals surface area contributed by atoms with Crippen molar-refractivity contribution in [2.45, 2.75) is 52.0 Å². The molecule has 0 saturated carbocycles. The highest BCUT2D eigenvalue weighted by atomic mass is 32.2. The zero-order valence-corrected chi connectivity index (χ0v) is 18.6. The van der Waals surface area contributed by atoms with E-state index in [2.05, 4.69) is 23.5 Å². The lowest BCUT2D eigenvalue weighted by Gasteiger charge is -2.21. The molecule has 0 saturated heterocycles. The molecule has 0 amide bonds. The number of hydrogen-bond acceptors (Lipinski definition) is 4. The maximum atomic E-state index is 12.9. The Kier molecular flexibility index (Phi) is 7.49. The van der Waals surface area contributed by atoms with E-state index in [1.165, 1.54) is 0 Å². The molecule has 2 aromatic carbocycles. The molecule has 5 nitrogen and oxygen atoms in total. The number of hydrogen-bond donors (Lipinski definition) is 1. The first-order valence-corrected chi connectivity index (χ1v) is 11.2. The molecular formula is C22H32N2O3S. The molecular weight excluding hydrogens is 372 g/mol. The smallest absolute Gasteiger partial charge is 0.241 e. The molecule has 0 radical (unpaired) electrons. The van der Waals surface area contributed by atoms with Gasteiger partial charge in [-0.1, -0.05) is 26.0 Å². The van der Waals surface area contributed by atoms with Gasteiger partial charge in [-0.25, -0.2) is 13.1 Å². The second-order valence-electron chi connectivity index (χ2n) is 7.18.